The van der Waals surface area contributed by atoms with E-state index in [9.17, 15) is 14.4 Å². The first-order valence-electron chi connectivity index (χ1n) is 14.5. The van der Waals surface area contributed by atoms with E-state index in [0.29, 0.717) is 28.9 Å². The average molecular weight is 599 g/mol. The normalized spacial score (nSPS) is 18.6. The van der Waals surface area contributed by atoms with Crippen LogP contribution in [0.2, 0.25) is 0 Å². The van der Waals surface area contributed by atoms with Crippen LogP contribution in [-0.4, -0.2) is 37.2 Å². The second kappa shape index (κ2) is 14.6. The van der Waals surface area contributed by atoms with Crippen LogP contribution in [0.5, 0.6) is 23.0 Å². The number of carbonyl (C=O) groups is 3. The van der Waals surface area contributed by atoms with Crippen molar-refractivity contribution >= 4 is 23.5 Å². The number of ether oxygens (including phenoxy) is 5. The minimum Gasteiger partial charge on any atom is -0.490 e. The van der Waals surface area contributed by atoms with Crippen molar-refractivity contribution in [1.82, 2.24) is 0 Å². The van der Waals surface area contributed by atoms with E-state index in [-0.39, 0.29) is 47.9 Å². The van der Waals surface area contributed by atoms with E-state index in [1.54, 1.807) is 13.0 Å². The average Bonchev–Trinajstić information content (AvgIpc) is 3.00. The van der Waals surface area contributed by atoms with E-state index in [0.717, 1.165) is 24.8 Å². The van der Waals surface area contributed by atoms with Gasteiger partial charge in [-0.1, -0.05) is 50.1 Å². The third-order valence-corrected chi connectivity index (χ3v) is 7.27. The Morgan fingerprint density at radius 2 is 1.32 bits per heavy atom. The van der Waals surface area contributed by atoms with Crippen molar-refractivity contribution in [2.75, 3.05) is 13.2 Å². The van der Waals surface area contributed by atoms with Gasteiger partial charge >= 0.3 is 17.9 Å². The van der Waals surface area contributed by atoms with Gasteiger partial charge in [-0.15, -0.1) is 0 Å². The van der Waals surface area contributed by atoms with Gasteiger partial charge in [0.15, 0.2) is 11.5 Å². The molecule has 0 saturated heterocycles. The van der Waals surface area contributed by atoms with Crippen molar-refractivity contribution < 1.29 is 38.1 Å². The second-order valence-corrected chi connectivity index (χ2v) is 11.1. The molecule has 0 amide bonds. The van der Waals surface area contributed by atoms with Crippen molar-refractivity contribution in [2.24, 2.45) is 11.8 Å². The Morgan fingerprint density at radius 1 is 0.727 bits per heavy atom. The number of carbonyl (C=O) groups excluding carboxylic acids is 3. The van der Waals surface area contributed by atoms with Gasteiger partial charge in [0, 0.05) is 22.8 Å². The lowest BCUT2D eigenvalue weighted by Crippen LogP contribution is -2.30. The molecule has 44 heavy (non-hydrogen) atoms. The number of allylic oxidation sites excluding steroid dienone is 4. The molecular weight excluding hydrogens is 560 g/mol. The zero-order valence-corrected chi connectivity index (χ0v) is 25.4. The molecule has 0 spiro atoms. The predicted octanol–water partition coefficient (Wildman–Crippen LogP) is 6.96. The number of esters is 3. The molecule has 0 N–H and O–H groups in total. The highest BCUT2D eigenvalue weighted by Crippen LogP contribution is 2.39. The largest absolute Gasteiger partial charge is 0.490 e. The van der Waals surface area contributed by atoms with Crippen molar-refractivity contribution in [1.29, 1.82) is 0 Å². The fraction of sp³-hybridized carbons (Fsp3) is 0.306. The minimum absolute atomic E-state index is 0.0262. The van der Waals surface area contributed by atoms with Gasteiger partial charge in [0.1, 0.15) is 30.8 Å². The van der Waals surface area contributed by atoms with Gasteiger partial charge in [-0.2, -0.15) is 0 Å². The Labute approximate surface area is 258 Å². The Kier molecular flexibility index (Phi) is 10.6. The van der Waals surface area contributed by atoms with Crippen LogP contribution >= 0.6 is 0 Å². The fourth-order valence-corrected chi connectivity index (χ4v) is 4.86. The van der Waals surface area contributed by atoms with Crippen molar-refractivity contribution in [3.05, 3.63) is 103 Å². The molecule has 3 atom stereocenters. The highest BCUT2D eigenvalue weighted by atomic mass is 16.6. The molecule has 1 fully saturated rings. The molecule has 4 rings (SSSR count). The Hall–Kier alpha value is -4.85. The van der Waals surface area contributed by atoms with E-state index in [1.807, 2.05) is 24.3 Å². The number of hydrogen-bond acceptors (Lipinski definition) is 8. The second-order valence-electron chi connectivity index (χ2n) is 11.1. The summed E-state index contributed by atoms with van der Waals surface area (Å²) in [6.45, 7) is 16.0. The highest BCUT2D eigenvalue weighted by Gasteiger charge is 2.31. The first-order valence-corrected chi connectivity index (χ1v) is 14.5. The maximum atomic E-state index is 12.1. The van der Waals surface area contributed by atoms with Gasteiger partial charge in [-0.3, -0.25) is 0 Å². The third kappa shape index (κ3) is 8.60. The summed E-state index contributed by atoms with van der Waals surface area (Å²) in [4.78, 5) is 36.0. The summed E-state index contributed by atoms with van der Waals surface area (Å²) < 4.78 is 27.8. The minimum atomic E-state index is -0.658. The Bertz CT molecular complexity index is 1510. The molecule has 1 saturated carbocycles. The summed E-state index contributed by atoms with van der Waals surface area (Å²) >= 11 is 0. The molecule has 0 aromatic heterocycles. The molecule has 0 bridgehead atoms. The van der Waals surface area contributed by atoms with Gasteiger partial charge in [0.25, 0.3) is 0 Å². The molecule has 2 aliphatic carbocycles. The van der Waals surface area contributed by atoms with Gasteiger partial charge in [-0.05, 0) is 87.3 Å². The van der Waals surface area contributed by atoms with Crippen LogP contribution in [0.15, 0.2) is 97.1 Å². The standard InChI is InChI=1S/C36H38O8/c1-22(2)34(37)42-31-14-11-27-19-26(7-8-28(27)20-31)25-9-12-29(13-10-25)40-17-18-41-30-15-16-32(43-35(38)23(3)4)33(21-30)44-36(39)24(5)6/h7-10,12-13,15-16,19,21,27-28,31H,1,3,5,11,14,17-18,20H2,2,4,6H3. The zero-order chi connectivity index (χ0) is 31.8. The van der Waals surface area contributed by atoms with Gasteiger partial charge in [-0.25, -0.2) is 14.4 Å². The van der Waals surface area contributed by atoms with Gasteiger partial charge in [0.2, 0.25) is 0 Å². The van der Waals surface area contributed by atoms with E-state index in [4.69, 9.17) is 23.7 Å². The molecule has 230 valence electrons. The first-order chi connectivity index (χ1) is 21.0. The van der Waals surface area contributed by atoms with Crippen molar-refractivity contribution in [3.63, 3.8) is 0 Å². The van der Waals surface area contributed by atoms with Crippen LogP contribution in [0.3, 0.4) is 0 Å². The first kappa shape index (κ1) is 32.1. The molecule has 2 aromatic rings. The molecular formula is C36H38O8. The molecule has 8 nitrogen and oxygen atoms in total. The lowest BCUT2D eigenvalue weighted by atomic mass is 9.74. The quantitative estimate of drug-likeness (QED) is 0.112. The van der Waals surface area contributed by atoms with Crippen LogP contribution in [0.25, 0.3) is 5.57 Å². The zero-order valence-electron chi connectivity index (χ0n) is 25.4. The molecule has 8 heteroatoms. The van der Waals surface area contributed by atoms with Crippen molar-refractivity contribution in [3.8, 4) is 23.0 Å². The Morgan fingerprint density at radius 3 is 1.95 bits per heavy atom. The van der Waals surface area contributed by atoms with Crippen LogP contribution in [0.1, 0.15) is 45.6 Å². The summed E-state index contributed by atoms with van der Waals surface area (Å²) in [7, 11) is 0. The van der Waals surface area contributed by atoms with E-state index < -0.39 is 11.9 Å². The SMILES string of the molecule is C=C(C)C(=O)Oc1ccc(OCCOc2ccc(C3=CC4CCC(OC(=O)C(=C)C)CC4C=C3)cc2)cc1OC(=O)C(=C)C. The smallest absolute Gasteiger partial charge is 0.338 e. The molecule has 2 aromatic carbocycles. The summed E-state index contributed by atoms with van der Waals surface area (Å²) in [5.74, 6) is 0.354. The number of benzene rings is 2. The highest BCUT2D eigenvalue weighted by molar-refractivity contribution is 5.91. The van der Waals surface area contributed by atoms with Crippen molar-refractivity contribution in [2.45, 2.75) is 46.1 Å². The molecule has 3 unspecified atom stereocenters. The van der Waals surface area contributed by atoms with Crippen LogP contribution in [0, 0.1) is 11.8 Å². The van der Waals surface area contributed by atoms with E-state index in [1.165, 1.54) is 31.6 Å². The number of hydrogen-bond donors (Lipinski definition) is 0. The van der Waals surface area contributed by atoms with E-state index in [2.05, 4.69) is 38.0 Å². The van der Waals surface area contributed by atoms with Crippen LogP contribution in [-0.2, 0) is 19.1 Å². The summed E-state index contributed by atoms with van der Waals surface area (Å²) in [6.07, 6.45) is 9.26. The Balaban J connectivity index is 1.28. The summed E-state index contributed by atoms with van der Waals surface area (Å²) in [5, 5.41) is 0. The summed E-state index contributed by atoms with van der Waals surface area (Å²) in [5.41, 5.74) is 3.10. The fourth-order valence-electron chi connectivity index (χ4n) is 4.86. The van der Waals surface area contributed by atoms with E-state index >= 15 is 0 Å². The number of fused-ring (bicyclic) bond motifs is 1. The maximum absolute atomic E-state index is 12.1. The maximum Gasteiger partial charge on any atom is 0.338 e. The molecule has 0 heterocycles. The lowest BCUT2D eigenvalue weighted by molar-refractivity contribution is -0.146. The van der Waals surface area contributed by atoms with Crippen LogP contribution in [0.4, 0.5) is 0 Å². The third-order valence-electron chi connectivity index (χ3n) is 7.27. The van der Waals surface area contributed by atoms with Gasteiger partial charge in [0.05, 0.1) is 0 Å². The lowest BCUT2D eigenvalue weighted by Gasteiger charge is -2.35. The topological polar surface area (TPSA) is 97.4 Å². The molecule has 2 aliphatic rings. The predicted molar refractivity (Wildman–Crippen MR) is 167 cm³/mol. The monoisotopic (exact) mass is 598 g/mol. The molecule has 0 aliphatic heterocycles. The number of rotatable bonds is 12. The summed E-state index contributed by atoms with van der Waals surface area (Å²) in [6, 6.07) is 12.4. The molecule has 0 radical (unpaired) electrons. The van der Waals surface area contributed by atoms with Gasteiger partial charge < -0.3 is 23.7 Å². The van der Waals surface area contributed by atoms with Crippen LogP contribution < -0.4 is 18.9 Å².